The van der Waals surface area contributed by atoms with Gasteiger partial charge < -0.3 is 14.6 Å². The summed E-state index contributed by atoms with van der Waals surface area (Å²) in [5, 5.41) is 3.55. The van der Waals surface area contributed by atoms with E-state index in [0.29, 0.717) is 29.7 Å². The van der Waals surface area contributed by atoms with Crippen LogP contribution in [0.15, 0.2) is 29.2 Å². The van der Waals surface area contributed by atoms with Crippen LogP contribution in [-0.4, -0.2) is 35.4 Å². The number of rotatable bonds is 6. The Bertz CT molecular complexity index is 747. The summed E-state index contributed by atoms with van der Waals surface area (Å²) >= 11 is 0. The largest absolute Gasteiger partial charge is 0.381 e. The second-order valence-corrected chi connectivity index (χ2v) is 6.41. The fourth-order valence-corrected chi connectivity index (χ4v) is 3.45. The molecule has 0 amide bonds. The lowest BCUT2D eigenvalue weighted by atomic mass is 9.93. The molecule has 6 heteroatoms. The van der Waals surface area contributed by atoms with Gasteiger partial charge in [0.25, 0.3) is 5.56 Å². The monoisotopic (exact) mass is 333 g/mol. The zero-order chi connectivity index (χ0) is 16.9. The van der Waals surface area contributed by atoms with Crippen LogP contribution in [0.5, 0.6) is 0 Å². The normalized spacial score (nSPS) is 21.2. The molecule has 0 aliphatic heterocycles. The molecule has 5 nitrogen and oxygen atoms in total. The van der Waals surface area contributed by atoms with Gasteiger partial charge in [0.1, 0.15) is 5.82 Å². The zero-order valence-electron chi connectivity index (χ0n) is 14.0. The molecule has 24 heavy (non-hydrogen) atoms. The summed E-state index contributed by atoms with van der Waals surface area (Å²) in [7, 11) is 1.77. The number of hydrogen-bond donors (Lipinski definition) is 1. The second kappa shape index (κ2) is 7.85. The molecule has 1 heterocycles. The molecule has 1 aromatic heterocycles. The van der Waals surface area contributed by atoms with Gasteiger partial charge in [0.15, 0.2) is 0 Å². The Kier molecular flexibility index (Phi) is 5.58. The van der Waals surface area contributed by atoms with E-state index in [1.54, 1.807) is 17.7 Å². The molecule has 3 rings (SSSR count). The van der Waals surface area contributed by atoms with Gasteiger partial charge in [-0.15, -0.1) is 0 Å². The van der Waals surface area contributed by atoms with E-state index >= 15 is 0 Å². The molecule has 1 unspecified atom stereocenters. The van der Waals surface area contributed by atoms with Gasteiger partial charge in [-0.05, 0) is 56.8 Å². The average Bonchev–Trinajstić information content (AvgIpc) is 2.60. The predicted octanol–water partition coefficient (Wildman–Crippen LogP) is 2.47. The summed E-state index contributed by atoms with van der Waals surface area (Å²) in [6.07, 6.45) is 7.00. The van der Waals surface area contributed by atoms with Crippen LogP contribution in [0.25, 0.3) is 11.0 Å². The molecule has 2 atom stereocenters. The number of aryl methyl sites for hydroxylation is 1. The van der Waals surface area contributed by atoms with E-state index in [4.69, 9.17) is 4.74 Å². The number of benzene rings is 1. The van der Waals surface area contributed by atoms with Crippen molar-refractivity contribution in [2.24, 2.45) is 0 Å². The number of halogens is 1. The molecule has 130 valence electrons. The Morgan fingerprint density at radius 2 is 2.29 bits per heavy atom. The highest BCUT2D eigenvalue weighted by Crippen LogP contribution is 2.20. The minimum absolute atomic E-state index is 0.190. The molecule has 1 aromatic carbocycles. The van der Waals surface area contributed by atoms with Crippen LogP contribution in [0.2, 0.25) is 0 Å². The summed E-state index contributed by atoms with van der Waals surface area (Å²) in [4.78, 5) is 16.1. The van der Waals surface area contributed by atoms with Crippen LogP contribution in [0.4, 0.5) is 4.39 Å². The Balaban J connectivity index is 1.59. The highest BCUT2D eigenvalue weighted by atomic mass is 19.1. The second-order valence-electron chi connectivity index (χ2n) is 6.41. The van der Waals surface area contributed by atoms with E-state index in [1.807, 2.05) is 0 Å². The van der Waals surface area contributed by atoms with Gasteiger partial charge in [0.05, 0.1) is 23.3 Å². The maximum Gasteiger partial charge on any atom is 0.269 e. The fraction of sp³-hybridized carbons (Fsp3) is 0.556. The summed E-state index contributed by atoms with van der Waals surface area (Å²) in [6.45, 7) is 1.38. The maximum absolute atomic E-state index is 13.5. The Morgan fingerprint density at radius 1 is 1.42 bits per heavy atom. The molecule has 0 radical (unpaired) electrons. The minimum atomic E-state index is -0.352. The molecule has 1 fully saturated rings. The Hall–Kier alpha value is -1.79. The zero-order valence-corrected chi connectivity index (χ0v) is 14.0. The SMILES string of the molecule is COC1CCC[C@H](NCCCn2c(=O)cnc3ccc(F)cc32)C1. The van der Waals surface area contributed by atoms with Crippen molar-refractivity contribution in [2.75, 3.05) is 13.7 Å². The number of nitrogens with zero attached hydrogens (tertiary/aromatic N) is 2. The van der Waals surface area contributed by atoms with Crippen molar-refractivity contribution >= 4 is 11.0 Å². The molecule has 1 N–H and O–H groups in total. The van der Waals surface area contributed by atoms with Crippen molar-refractivity contribution in [2.45, 2.75) is 50.8 Å². The molecule has 1 aliphatic carbocycles. The third-order valence-electron chi connectivity index (χ3n) is 4.76. The highest BCUT2D eigenvalue weighted by Gasteiger charge is 2.20. The molecule has 0 spiro atoms. The number of fused-ring (bicyclic) bond motifs is 1. The van der Waals surface area contributed by atoms with Crippen LogP contribution in [-0.2, 0) is 11.3 Å². The van der Waals surface area contributed by atoms with Gasteiger partial charge in [-0.3, -0.25) is 4.79 Å². The third kappa shape index (κ3) is 3.99. The minimum Gasteiger partial charge on any atom is -0.381 e. The first kappa shape index (κ1) is 17.0. The summed E-state index contributed by atoms with van der Waals surface area (Å²) in [6, 6.07) is 4.82. The maximum atomic E-state index is 13.5. The first-order valence-electron chi connectivity index (χ1n) is 8.58. The number of ether oxygens (including phenoxy) is 1. The summed E-state index contributed by atoms with van der Waals surface area (Å²) < 4.78 is 20.5. The number of nitrogens with one attached hydrogen (secondary N) is 1. The van der Waals surface area contributed by atoms with Crippen molar-refractivity contribution in [3.8, 4) is 0 Å². The van der Waals surface area contributed by atoms with E-state index in [0.717, 1.165) is 25.8 Å². The van der Waals surface area contributed by atoms with Crippen LogP contribution in [0.1, 0.15) is 32.1 Å². The van der Waals surface area contributed by atoms with Crippen molar-refractivity contribution < 1.29 is 9.13 Å². The van der Waals surface area contributed by atoms with E-state index in [9.17, 15) is 9.18 Å². The number of hydrogen-bond acceptors (Lipinski definition) is 4. The Morgan fingerprint density at radius 3 is 3.12 bits per heavy atom. The van der Waals surface area contributed by atoms with Crippen LogP contribution < -0.4 is 10.9 Å². The first-order valence-corrected chi connectivity index (χ1v) is 8.58. The molecular formula is C18H24FN3O2. The van der Waals surface area contributed by atoms with Crippen LogP contribution in [0, 0.1) is 5.82 Å². The van der Waals surface area contributed by atoms with E-state index in [2.05, 4.69) is 10.3 Å². The van der Waals surface area contributed by atoms with Crippen molar-refractivity contribution in [3.63, 3.8) is 0 Å². The molecule has 1 saturated carbocycles. The van der Waals surface area contributed by atoms with Crippen LogP contribution >= 0.6 is 0 Å². The molecule has 0 saturated heterocycles. The van der Waals surface area contributed by atoms with Crippen molar-refractivity contribution in [1.82, 2.24) is 14.9 Å². The van der Waals surface area contributed by atoms with Gasteiger partial charge >= 0.3 is 0 Å². The quantitative estimate of drug-likeness (QED) is 0.825. The van der Waals surface area contributed by atoms with Gasteiger partial charge in [-0.25, -0.2) is 9.37 Å². The summed E-state index contributed by atoms with van der Waals surface area (Å²) in [5.74, 6) is -0.352. The highest BCUT2D eigenvalue weighted by molar-refractivity contribution is 5.74. The Labute approximate surface area is 140 Å². The number of aromatic nitrogens is 2. The van der Waals surface area contributed by atoms with Gasteiger partial charge in [0, 0.05) is 19.7 Å². The summed E-state index contributed by atoms with van der Waals surface area (Å²) in [5.41, 5.74) is 1.00. The van der Waals surface area contributed by atoms with E-state index < -0.39 is 0 Å². The lowest BCUT2D eigenvalue weighted by Gasteiger charge is -2.29. The van der Waals surface area contributed by atoms with Gasteiger partial charge in [-0.2, -0.15) is 0 Å². The smallest absolute Gasteiger partial charge is 0.269 e. The van der Waals surface area contributed by atoms with E-state index in [1.165, 1.54) is 31.2 Å². The van der Waals surface area contributed by atoms with E-state index in [-0.39, 0.29) is 11.4 Å². The predicted molar refractivity (Wildman–Crippen MR) is 91.6 cm³/mol. The molecular weight excluding hydrogens is 309 g/mol. The molecule has 0 bridgehead atoms. The van der Waals surface area contributed by atoms with Crippen molar-refractivity contribution in [1.29, 1.82) is 0 Å². The van der Waals surface area contributed by atoms with Crippen molar-refractivity contribution in [3.05, 3.63) is 40.6 Å². The fourth-order valence-electron chi connectivity index (χ4n) is 3.45. The third-order valence-corrected chi connectivity index (χ3v) is 4.76. The van der Waals surface area contributed by atoms with Gasteiger partial charge in [-0.1, -0.05) is 0 Å². The lowest BCUT2D eigenvalue weighted by molar-refractivity contribution is 0.0588. The lowest BCUT2D eigenvalue weighted by Crippen LogP contribution is -2.37. The number of methoxy groups -OCH3 is 1. The molecule has 2 aromatic rings. The standard InChI is InChI=1S/C18H24FN3O2/c1-24-15-5-2-4-14(11-15)20-8-3-9-22-17-10-13(19)6-7-16(17)21-12-18(22)23/h6-7,10,12,14-15,20H,2-5,8-9,11H2,1H3/t14-,15?/m0/s1. The average molecular weight is 333 g/mol. The van der Waals surface area contributed by atoms with Crippen LogP contribution in [0.3, 0.4) is 0 Å². The topological polar surface area (TPSA) is 56.1 Å². The van der Waals surface area contributed by atoms with Gasteiger partial charge in [0.2, 0.25) is 0 Å². The molecule has 1 aliphatic rings. The first-order chi connectivity index (χ1) is 11.7.